The lowest BCUT2D eigenvalue weighted by atomic mass is 9.89. The molecule has 0 radical (unpaired) electrons. The normalized spacial score (nSPS) is 23.1. The Morgan fingerprint density at radius 1 is 0.937 bits per heavy atom. The van der Waals surface area contributed by atoms with Gasteiger partial charge in [-0.1, -0.05) is 96.0 Å². The first kappa shape index (κ1) is 52.1. The SMILES string of the molecule is CC[C@H](C)[C@@H]([C@@H](CC(=O)N1CCC[C@H]1[C@H](OC)[C@@H](C)C(=O)N[C@@H](Cc1ccccc1)C(=O)O)OC)N(C)C(=O)[C@@H](NC(=O)[C@@H]1[C@H]2CC[C@H](C2)N1CCCCCCSC(C)=O)C(C)C. The van der Waals surface area contributed by atoms with Crippen molar-refractivity contribution in [2.75, 3.05) is 40.1 Å². The molecule has 3 aliphatic rings. The number of unbranched alkanes of at least 4 members (excludes halogenated alkanes) is 3. The number of ether oxygens (including phenoxy) is 2. The second-order valence-electron chi connectivity index (χ2n) is 18.6. The highest BCUT2D eigenvalue weighted by Gasteiger charge is 2.50. The summed E-state index contributed by atoms with van der Waals surface area (Å²) in [7, 11) is 4.81. The van der Waals surface area contributed by atoms with Gasteiger partial charge in [0.05, 0.1) is 42.7 Å². The number of carbonyl (C=O) groups is 6. The highest BCUT2D eigenvalue weighted by Crippen LogP contribution is 2.43. The molecule has 354 valence electrons. The van der Waals surface area contributed by atoms with Gasteiger partial charge < -0.3 is 35.0 Å². The molecule has 11 atom stereocenters. The molecule has 0 aromatic heterocycles. The molecule has 2 saturated heterocycles. The molecule has 3 fully saturated rings. The summed E-state index contributed by atoms with van der Waals surface area (Å²) < 4.78 is 12.0. The van der Waals surface area contributed by atoms with Crippen LogP contribution in [0.2, 0.25) is 0 Å². The second kappa shape index (κ2) is 25.2. The predicted molar refractivity (Wildman–Crippen MR) is 246 cm³/mol. The molecule has 15 heteroatoms. The van der Waals surface area contributed by atoms with E-state index in [1.54, 1.807) is 37.8 Å². The lowest BCUT2D eigenvalue weighted by Gasteiger charge is -2.41. The van der Waals surface area contributed by atoms with E-state index in [1.165, 1.54) is 18.9 Å². The third-order valence-corrected chi connectivity index (χ3v) is 14.9. The van der Waals surface area contributed by atoms with Gasteiger partial charge in [0, 0.05) is 53.0 Å². The number of methoxy groups -OCH3 is 2. The summed E-state index contributed by atoms with van der Waals surface area (Å²) in [5.41, 5.74) is 0.785. The smallest absolute Gasteiger partial charge is 0.326 e. The number of thioether (sulfide) groups is 1. The number of fused-ring (bicyclic) bond motifs is 2. The number of carboxylic acids is 1. The van der Waals surface area contributed by atoms with Crippen molar-refractivity contribution in [2.45, 2.75) is 167 Å². The number of carbonyl (C=O) groups excluding carboxylic acids is 5. The average molecular weight is 900 g/mol. The zero-order valence-corrected chi connectivity index (χ0v) is 40.2. The largest absolute Gasteiger partial charge is 0.480 e. The van der Waals surface area contributed by atoms with Crippen LogP contribution in [0.1, 0.15) is 118 Å². The Labute approximate surface area is 380 Å². The number of hydrogen-bond donors (Lipinski definition) is 3. The minimum atomic E-state index is -1.14. The summed E-state index contributed by atoms with van der Waals surface area (Å²) in [6.45, 7) is 12.6. The van der Waals surface area contributed by atoms with Crippen molar-refractivity contribution in [3.8, 4) is 0 Å². The van der Waals surface area contributed by atoms with Crippen LogP contribution in [0.4, 0.5) is 0 Å². The fourth-order valence-electron chi connectivity index (χ4n) is 10.4. The Morgan fingerprint density at radius 3 is 2.25 bits per heavy atom. The number of hydrogen-bond acceptors (Lipinski definition) is 10. The summed E-state index contributed by atoms with van der Waals surface area (Å²) in [5.74, 6) is -1.99. The number of carboxylic acid groups (broad SMARTS) is 1. The van der Waals surface area contributed by atoms with Crippen LogP contribution in [0.15, 0.2) is 30.3 Å². The lowest BCUT2D eigenvalue weighted by Crippen LogP contribution is -2.60. The number of likely N-dealkylation sites (tertiary alicyclic amines) is 2. The molecule has 1 aromatic rings. The first-order chi connectivity index (χ1) is 30.0. The summed E-state index contributed by atoms with van der Waals surface area (Å²) in [5, 5.41) is 16.0. The summed E-state index contributed by atoms with van der Waals surface area (Å²) in [4.78, 5) is 86.0. The van der Waals surface area contributed by atoms with Gasteiger partial charge in [-0.3, -0.25) is 28.9 Å². The molecule has 1 aromatic carbocycles. The average Bonchev–Trinajstić information content (AvgIpc) is 4.02. The minimum absolute atomic E-state index is 0.0107. The fraction of sp³-hybridized carbons (Fsp3) is 0.750. The van der Waals surface area contributed by atoms with Crippen molar-refractivity contribution in [1.82, 2.24) is 25.3 Å². The van der Waals surface area contributed by atoms with Crippen LogP contribution in [-0.4, -0.2) is 143 Å². The summed E-state index contributed by atoms with van der Waals surface area (Å²) in [6.07, 6.45) is 7.99. The van der Waals surface area contributed by atoms with Gasteiger partial charge in [-0.05, 0) is 74.8 Å². The Bertz CT molecular complexity index is 1670. The Kier molecular flexibility index (Phi) is 20.9. The van der Waals surface area contributed by atoms with E-state index in [-0.39, 0.29) is 59.5 Å². The van der Waals surface area contributed by atoms with E-state index in [2.05, 4.69) is 15.5 Å². The van der Waals surface area contributed by atoms with Crippen molar-refractivity contribution < 1.29 is 43.3 Å². The number of amides is 4. The van der Waals surface area contributed by atoms with Crippen molar-refractivity contribution >= 4 is 46.5 Å². The molecule has 14 nitrogen and oxygen atoms in total. The first-order valence-corrected chi connectivity index (χ1v) is 24.4. The summed E-state index contributed by atoms with van der Waals surface area (Å²) >= 11 is 1.38. The zero-order valence-electron chi connectivity index (χ0n) is 39.4. The van der Waals surface area contributed by atoms with Crippen LogP contribution in [0.3, 0.4) is 0 Å². The molecule has 0 unspecified atom stereocenters. The number of benzene rings is 1. The molecular formula is C48H77N5O9S. The topological polar surface area (TPSA) is 175 Å². The molecule has 1 aliphatic carbocycles. The van der Waals surface area contributed by atoms with Gasteiger partial charge in [-0.15, -0.1) is 0 Å². The van der Waals surface area contributed by atoms with Gasteiger partial charge in [0.1, 0.15) is 12.1 Å². The molecule has 3 N–H and O–H groups in total. The molecule has 2 bridgehead atoms. The third kappa shape index (κ3) is 14.0. The number of aliphatic carboxylic acids is 1. The number of rotatable bonds is 26. The molecule has 63 heavy (non-hydrogen) atoms. The summed E-state index contributed by atoms with van der Waals surface area (Å²) in [6, 6.07) is 6.43. The number of likely N-dealkylation sites (N-methyl/N-ethyl adjacent to an activating group) is 1. The van der Waals surface area contributed by atoms with Crippen LogP contribution in [0.25, 0.3) is 0 Å². The van der Waals surface area contributed by atoms with Gasteiger partial charge >= 0.3 is 5.97 Å². The van der Waals surface area contributed by atoms with Crippen LogP contribution in [0, 0.1) is 23.7 Å². The maximum Gasteiger partial charge on any atom is 0.326 e. The van der Waals surface area contributed by atoms with Crippen molar-refractivity contribution in [2.24, 2.45) is 23.7 Å². The number of nitrogens with one attached hydrogen (secondary N) is 2. The molecule has 2 aliphatic heterocycles. The van der Waals surface area contributed by atoms with Crippen LogP contribution >= 0.6 is 11.8 Å². The molecule has 1 saturated carbocycles. The number of piperidine rings is 1. The molecule has 0 spiro atoms. The third-order valence-electron chi connectivity index (χ3n) is 14.0. The lowest BCUT2D eigenvalue weighted by molar-refractivity contribution is -0.148. The maximum atomic E-state index is 14.6. The van der Waals surface area contributed by atoms with Crippen LogP contribution in [-0.2, 0) is 44.7 Å². The predicted octanol–water partition coefficient (Wildman–Crippen LogP) is 5.55. The van der Waals surface area contributed by atoms with E-state index in [0.717, 1.165) is 69.2 Å². The first-order valence-electron chi connectivity index (χ1n) is 23.4. The quantitative estimate of drug-likeness (QED) is 0.0995. The minimum Gasteiger partial charge on any atom is -0.480 e. The molecule has 4 rings (SSSR count). The Balaban J connectivity index is 1.42. The Morgan fingerprint density at radius 2 is 1.63 bits per heavy atom. The standard InChI is InChI=1S/C48H77N5O9S/c1-10-31(4)42(51(7)47(58)41(30(2)3)50-46(57)43-35-22-23-36(28-35)52(43)24-16-11-12-17-26-63-33(6)54)39(61-8)29-40(55)53-25-18-21-38(53)44(62-9)32(5)45(56)49-37(48(59)60)27-34-19-14-13-15-20-34/h13-15,19-20,30-32,35-39,41-44H,10-12,16-18,21-29H2,1-9H3,(H,49,56)(H,50,57)(H,59,60)/t31-,32+,35-,36+,37-,38-,39+,41-,42-,43-,44+/m0/s1. The van der Waals surface area contributed by atoms with E-state index in [4.69, 9.17) is 9.47 Å². The van der Waals surface area contributed by atoms with Gasteiger partial charge in [0.2, 0.25) is 23.6 Å². The Hall–Kier alpha value is -3.53. The van der Waals surface area contributed by atoms with Crippen molar-refractivity contribution in [1.29, 1.82) is 0 Å². The molecular weight excluding hydrogens is 823 g/mol. The molecule has 2 heterocycles. The van der Waals surface area contributed by atoms with Crippen LogP contribution < -0.4 is 10.6 Å². The van der Waals surface area contributed by atoms with Gasteiger partial charge in [-0.2, -0.15) is 0 Å². The second-order valence-corrected chi connectivity index (χ2v) is 19.8. The number of nitrogens with zero attached hydrogens (tertiary/aromatic N) is 3. The van der Waals surface area contributed by atoms with E-state index in [1.807, 2.05) is 58.0 Å². The highest BCUT2D eigenvalue weighted by atomic mass is 32.2. The maximum absolute atomic E-state index is 14.6. The van der Waals surface area contributed by atoms with E-state index in [0.29, 0.717) is 25.4 Å². The van der Waals surface area contributed by atoms with Crippen molar-refractivity contribution in [3.05, 3.63) is 35.9 Å². The van der Waals surface area contributed by atoms with E-state index in [9.17, 15) is 33.9 Å². The highest BCUT2D eigenvalue weighted by molar-refractivity contribution is 8.13. The van der Waals surface area contributed by atoms with Gasteiger partial charge in [0.25, 0.3) is 0 Å². The zero-order chi connectivity index (χ0) is 46.4. The van der Waals surface area contributed by atoms with Gasteiger partial charge in [0.15, 0.2) is 5.12 Å². The van der Waals surface area contributed by atoms with Crippen molar-refractivity contribution in [3.63, 3.8) is 0 Å². The fourth-order valence-corrected chi connectivity index (χ4v) is 11.0. The molecule has 4 amide bonds. The van der Waals surface area contributed by atoms with Gasteiger partial charge in [-0.25, -0.2) is 4.79 Å². The van der Waals surface area contributed by atoms with E-state index < -0.39 is 54.2 Å². The monoisotopic (exact) mass is 900 g/mol. The van der Waals surface area contributed by atoms with Crippen LogP contribution in [0.5, 0.6) is 0 Å². The van der Waals surface area contributed by atoms with E-state index >= 15 is 0 Å².